The molecular formula is C25H33N5O5S. The van der Waals surface area contributed by atoms with E-state index in [2.05, 4.69) is 20.5 Å². The van der Waals surface area contributed by atoms with Crippen LogP contribution in [0.2, 0.25) is 0 Å². The summed E-state index contributed by atoms with van der Waals surface area (Å²) in [6.45, 7) is 1.30. The molecule has 1 N–H and O–H groups in total. The van der Waals surface area contributed by atoms with Gasteiger partial charge in [-0.05, 0) is 49.6 Å². The Morgan fingerprint density at radius 3 is 2.56 bits per heavy atom. The number of amides is 1. The van der Waals surface area contributed by atoms with Gasteiger partial charge in [0, 0.05) is 23.7 Å². The molecule has 1 saturated heterocycles. The molecule has 0 bridgehead atoms. The smallest absolute Gasteiger partial charge is 0.361 e. The third kappa shape index (κ3) is 5.73. The van der Waals surface area contributed by atoms with Crippen molar-refractivity contribution >= 4 is 35.3 Å². The van der Waals surface area contributed by atoms with Crippen LogP contribution in [0.4, 0.5) is 5.69 Å². The summed E-state index contributed by atoms with van der Waals surface area (Å²) in [6, 6.07) is 7.01. The molecule has 2 aromatic rings. The third-order valence-corrected chi connectivity index (χ3v) is 7.76. The van der Waals surface area contributed by atoms with Gasteiger partial charge in [0.05, 0.1) is 26.3 Å². The number of carbonyl (C=O) groups excluding carboxylic acids is 3. The van der Waals surface area contributed by atoms with Crippen LogP contribution in [-0.4, -0.2) is 77.3 Å². The number of aromatic nitrogens is 3. The molecule has 4 rings (SSSR count). The molecule has 10 nitrogen and oxygen atoms in total. The van der Waals surface area contributed by atoms with Crippen LogP contribution in [0.5, 0.6) is 0 Å². The van der Waals surface area contributed by atoms with E-state index >= 15 is 0 Å². The number of likely N-dealkylation sites (tertiary alicyclic amines) is 1. The highest BCUT2D eigenvalue weighted by molar-refractivity contribution is 7.98. The largest absolute Gasteiger partial charge is 0.464 e. The van der Waals surface area contributed by atoms with Gasteiger partial charge in [-0.2, -0.15) is 0 Å². The molecule has 1 aliphatic heterocycles. The number of hydrogen-bond acceptors (Lipinski definition) is 9. The SMILES string of the molecule is COC(=O)c1nnn([C@H]2C[C@@H](C(=O)Nc3cccc(SC)c3)N(CC3CCCCC3)C2)c1C(=O)OC. The fraction of sp³-hybridized carbons (Fsp3) is 0.560. The van der Waals surface area contributed by atoms with Crippen molar-refractivity contribution in [3.05, 3.63) is 35.7 Å². The second-order valence-electron chi connectivity index (χ2n) is 9.30. The number of ether oxygens (including phenoxy) is 2. The fourth-order valence-corrected chi connectivity index (χ4v) is 5.69. The molecule has 0 radical (unpaired) electrons. The highest BCUT2D eigenvalue weighted by Crippen LogP contribution is 2.33. The molecule has 36 heavy (non-hydrogen) atoms. The summed E-state index contributed by atoms with van der Waals surface area (Å²) in [5.41, 5.74) is 0.502. The van der Waals surface area contributed by atoms with E-state index in [4.69, 9.17) is 9.47 Å². The summed E-state index contributed by atoms with van der Waals surface area (Å²) in [4.78, 5) is 41.6. The van der Waals surface area contributed by atoms with Gasteiger partial charge in [-0.25, -0.2) is 14.3 Å². The topological polar surface area (TPSA) is 116 Å². The van der Waals surface area contributed by atoms with Gasteiger partial charge in [-0.1, -0.05) is 30.5 Å². The second kappa shape index (κ2) is 11.9. The first-order valence-electron chi connectivity index (χ1n) is 12.3. The Labute approximate surface area is 215 Å². The van der Waals surface area contributed by atoms with E-state index in [0.29, 0.717) is 18.9 Å². The minimum absolute atomic E-state index is 0.0549. The molecule has 2 aliphatic rings. The highest BCUT2D eigenvalue weighted by atomic mass is 32.2. The van der Waals surface area contributed by atoms with Crippen molar-refractivity contribution in [3.8, 4) is 0 Å². The standard InChI is InChI=1S/C25H33N5O5S/c1-34-24(32)21-22(25(33)35-2)30(28-27-21)18-13-20(29(15-18)14-16-8-5-4-6-9-16)23(31)26-17-10-7-11-19(12-17)36-3/h7,10-12,16,18,20H,4-6,8-9,13-15H2,1-3H3,(H,26,31)/t18-,20-/m0/s1. The first-order valence-corrected chi connectivity index (χ1v) is 13.5. The van der Waals surface area contributed by atoms with Crippen molar-refractivity contribution in [2.24, 2.45) is 5.92 Å². The second-order valence-corrected chi connectivity index (χ2v) is 10.2. The molecule has 1 amide bonds. The predicted octanol–water partition coefficient (Wildman–Crippen LogP) is 3.41. The van der Waals surface area contributed by atoms with E-state index in [-0.39, 0.29) is 23.3 Å². The van der Waals surface area contributed by atoms with Gasteiger partial charge in [0.25, 0.3) is 0 Å². The lowest BCUT2D eigenvalue weighted by Crippen LogP contribution is -2.42. The molecule has 11 heteroatoms. The number of rotatable bonds is 8. The predicted molar refractivity (Wildman–Crippen MR) is 135 cm³/mol. The molecule has 2 fully saturated rings. The number of nitrogens with zero attached hydrogens (tertiary/aromatic N) is 4. The minimum Gasteiger partial charge on any atom is -0.464 e. The zero-order chi connectivity index (χ0) is 25.7. The Balaban J connectivity index is 1.60. The molecule has 1 aromatic carbocycles. The van der Waals surface area contributed by atoms with Gasteiger partial charge >= 0.3 is 11.9 Å². The minimum atomic E-state index is -0.762. The Morgan fingerprint density at radius 1 is 1.11 bits per heavy atom. The molecule has 0 unspecified atom stereocenters. The van der Waals surface area contributed by atoms with Crippen molar-refractivity contribution in [1.29, 1.82) is 0 Å². The maximum atomic E-state index is 13.5. The van der Waals surface area contributed by atoms with E-state index in [0.717, 1.165) is 30.0 Å². The Bertz CT molecular complexity index is 1100. The number of carbonyl (C=O) groups is 3. The number of hydrogen-bond donors (Lipinski definition) is 1. The van der Waals surface area contributed by atoms with Gasteiger partial charge in [-0.3, -0.25) is 9.69 Å². The lowest BCUT2D eigenvalue weighted by Gasteiger charge is -2.30. The molecule has 1 saturated carbocycles. The summed E-state index contributed by atoms with van der Waals surface area (Å²) in [7, 11) is 2.46. The van der Waals surface area contributed by atoms with Gasteiger partial charge < -0.3 is 14.8 Å². The van der Waals surface area contributed by atoms with Gasteiger partial charge in [0.15, 0.2) is 5.69 Å². The number of esters is 2. The normalized spacial score (nSPS) is 20.8. The van der Waals surface area contributed by atoms with Crippen LogP contribution in [0.25, 0.3) is 0 Å². The summed E-state index contributed by atoms with van der Waals surface area (Å²) >= 11 is 1.61. The van der Waals surface area contributed by atoms with Crippen LogP contribution in [0.15, 0.2) is 29.2 Å². The first-order chi connectivity index (χ1) is 17.4. The number of benzene rings is 1. The van der Waals surface area contributed by atoms with E-state index in [1.54, 1.807) is 11.8 Å². The Kier molecular flexibility index (Phi) is 8.63. The van der Waals surface area contributed by atoms with Crippen LogP contribution in [0, 0.1) is 5.92 Å². The molecule has 1 aliphatic carbocycles. The summed E-state index contributed by atoms with van der Waals surface area (Å²) in [5, 5.41) is 11.1. The lowest BCUT2D eigenvalue weighted by molar-refractivity contribution is -0.120. The number of nitrogens with one attached hydrogen (secondary N) is 1. The molecular weight excluding hydrogens is 482 g/mol. The third-order valence-electron chi connectivity index (χ3n) is 7.04. The van der Waals surface area contributed by atoms with Gasteiger partial charge in [0.2, 0.25) is 11.6 Å². The average molecular weight is 516 g/mol. The maximum Gasteiger partial charge on any atom is 0.361 e. The molecule has 1 aromatic heterocycles. The Hall–Kier alpha value is -2.92. The quantitative estimate of drug-likeness (QED) is 0.417. The zero-order valence-electron chi connectivity index (χ0n) is 20.9. The molecule has 0 spiro atoms. The molecule has 2 atom stereocenters. The molecule has 194 valence electrons. The highest BCUT2D eigenvalue weighted by Gasteiger charge is 2.41. The van der Waals surface area contributed by atoms with E-state index in [1.165, 1.54) is 38.2 Å². The van der Waals surface area contributed by atoms with E-state index in [1.807, 2.05) is 30.5 Å². The van der Waals surface area contributed by atoms with Crippen LogP contribution in [0.3, 0.4) is 0 Å². The van der Waals surface area contributed by atoms with Crippen molar-refractivity contribution in [1.82, 2.24) is 19.9 Å². The molecule has 2 heterocycles. The maximum absolute atomic E-state index is 13.5. The first kappa shape index (κ1) is 26.2. The van der Waals surface area contributed by atoms with Gasteiger partial charge in [0.1, 0.15) is 0 Å². The zero-order valence-corrected chi connectivity index (χ0v) is 21.8. The van der Waals surface area contributed by atoms with Crippen LogP contribution < -0.4 is 5.32 Å². The lowest BCUT2D eigenvalue weighted by atomic mass is 9.89. The van der Waals surface area contributed by atoms with Crippen molar-refractivity contribution in [2.45, 2.75) is 55.5 Å². The Morgan fingerprint density at radius 2 is 1.86 bits per heavy atom. The van der Waals surface area contributed by atoms with Crippen LogP contribution >= 0.6 is 11.8 Å². The van der Waals surface area contributed by atoms with Crippen molar-refractivity contribution in [3.63, 3.8) is 0 Å². The summed E-state index contributed by atoms with van der Waals surface area (Å²) in [6.07, 6.45) is 8.38. The summed E-state index contributed by atoms with van der Waals surface area (Å²) < 4.78 is 11.1. The fourth-order valence-electron chi connectivity index (χ4n) is 5.23. The average Bonchev–Trinajstić information content (AvgIpc) is 3.53. The van der Waals surface area contributed by atoms with E-state index < -0.39 is 18.0 Å². The number of thioether (sulfide) groups is 1. The number of methoxy groups -OCH3 is 2. The van der Waals surface area contributed by atoms with Crippen molar-refractivity contribution < 1.29 is 23.9 Å². The van der Waals surface area contributed by atoms with Crippen molar-refractivity contribution in [2.75, 3.05) is 38.9 Å². The monoisotopic (exact) mass is 515 g/mol. The van der Waals surface area contributed by atoms with Crippen LogP contribution in [-0.2, 0) is 14.3 Å². The number of anilines is 1. The van der Waals surface area contributed by atoms with E-state index in [9.17, 15) is 14.4 Å². The van der Waals surface area contributed by atoms with Gasteiger partial charge in [-0.15, -0.1) is 16.9 Å². The van der Waals surface area contributed by atoms with Crippen LogP contribution in [0.1, 0.15) is 65.5 Å². The summed E-state index contributed by atoms with van der Waals surface area (Å²) in [5.74, 6) is -1.06.